The summed E-state index contributed by atoms with van der Waals surface area (Å²) in [6, 6.07) is 5.18. The average molecular weight is 293 g/mol. The van der Waals surface area contributed by atoms with Gasteiger partial charge in [0.25, 0.3) is 0 Å². The molecule has 0 fully saturated rings. The van der Waals surface area contributed by atoms with E-state index in [1.165, 1.54) is 0 Å². The van der Waals surface area contributed by atoms with Crippen molar-refractivity contribution in [3.8, 4) is 0 Å². The molecule has 0 unspecified atom stereocenters. The van der Waals surface area contributed by atoms with E-state index < -0.39 is 11.5 Å². The summed E-state index contributed by atoms with van der Waals surface area (Å²) in [5.74, 6) is -0.909. The molecule has 1 rings (SSSR count). The van der Waals surface area contributed by atoms with Crippen molar-refractivity contribution in [1.29, 1.82) is 0 Å². The van der Waals surface area contributed by atoms with Gasteiger partial charge >= 0.3 is 5.97 Å². The molecule has 0 aliphatic carbocycles. The molecule has 82 valence electrons. The largest absolute Gasteiger partial charge is 0.480 e. The van der Waals surface area contributed by atoms with Crippen molar-refractivity contribution in [3.05, 3.63) is 27.7 Å². The SMILES string of the molecule is CC(C)(Nc1ccc(Cl)c(Br)c1)C(=O)O. The molecular formula is C10H11BrClNO2. The lowest BCUT2D eigenvalue weighted by molar-refractivity contribution is -0.141. The number of carboxylic acid groups (broad SMARTS) is 1. The van der Waals surface area contributed by atoms with Gasteiger partial charge in [-0.3, -0.25) is 0 Å². The van der Waals surface area contributed by atoms with Crippen molar-refractivity contribution < 1.29 is 9.90 Å². The van der Waals surface area contributed by atoms with Gasteiger partial charge in [-0.05, 0) is 48.0 Å². The maximum absolute atomic E-state index is 10.9. The number of rotatable bonds is 3. The van der Waals surface area contributed by atoms with Crippen LogP contribution in [0.3, 0.4) is 0 Å². The normalized spacial score (nSPS) is 11.2. The Bertz CT molecular complexity index is 393. The first-order valence-electron chi connectivity index (χ1n) is 4.29. The monoisotopic (exact) mass is 291 g/mol. The Kier molecular flexibility index (Phi) is 3.62. The van der Waals surface area contributed by atoms with Crippen LogP contribution in [0.15, 0.2) is 22.7 Å². The highest BCUT2D eigenvalue weighted by molar-refractivity contribution is 9.10. The molecule has 0 radical (unpaired) electrons. The van der Waals surface area contributed by atoms with Crippen LogP contribution in [0.25, 0.3) is 0 Å². The standard InChI is InChI=1S/C10H11BrClNO2/c1-10(2,9(14)15)13-6-3-4-8(12)7(11)5-6/h3-5,13H,1-2H3,(H,14,15). The van der Waals surface area contributed by atoms with E-state index in [-0.39, 0.29) is 0 Å². The third-order valence-corrected chi connectivity index (χ3v) is 3.13. The number of benzene rings is 1. The van der Waals surface area contributed by atoms with Gasteiger partial charge in [0.15, 0.2) is 0 Å². The number of carbonyl (C=O) groups is 1. The number of hydrogen-bond acceptors (Lipinski definition) is 2. The molecule has 0 heterocycles. The van der Waals surface area contributed by atoms with Crippen molar-refractivity contribution >= 4 is 39.2 Å². The van der Waals surface area contributed by atoms with Crippen molar-refractivity contribution in [2.75, 3.05) is 5.32 Å². The molecule has 3 nitrogen and oxygen atoms in total. The van der Waals surface area contributed by atoms with E-state index in [1.54, 1.807) is 32.0 Å². The molecule has 1 aromatic carbocycles. The van der Waals surface area contributed by atoms with E-state index in [0.29, 0.717) is 10.7 Å². The number of anilines is 1. The molecule has 1 aromatic rings. The zero-order valence-electron chi connectivity index (χ0n) is 8.34. The van der Waals surface area contributed by atoms with Gasteiger partial charge < -0.3 is 10.4 Å². The summed E-state index contributed by atoms with van der Waals surface area (Å²) in [7, 11) is 0. The van der Waals surface area contributed by atoms with Crippen LogP contribution in [0, 0.1) is 0 Å². The fourth-order valence-electron chi connectivity index (χ4n) is 0.988. The molecule has 0 aromatic heterocycles. The van der Waals surface area contributed by atoms with Crippen molar-refractivity contribution in [2.24, 2.45) is 0 Å². The lowest BCUT2D eigenvalue weighted by Gasteiger charge is -2.22. The highest BCUT2D eigenvalue weighted by atomic mass is 79.9. The molecule has 0 saturated heterocycles. The third-order valence-electron chi connectivity index (χ3n) is 1.91. The van der Waals surface area contributed by atoms with Gasteiger partial charge in [-0.1, -0.05) is 11.6 Å². The molecular weight excluding hydrogens is 281 g/mol. The first-order valence-corrected chi connectivity index (χ1v) is 5.46. The predicted octanol–water partition coefficient (Wildman–Crippen LogP) is 3.38. The third kappa shape index (κ3) is 3.11. The Morgan fingerprint density at radius 1 is 1.53 bits per heavy atom. The predicted molar refractivity (Wildman–Crippen MR) is 64.5 cm³/mol. The maximum atomic E-state index is 10.9. The maximum Gasteiger partial charge on any atom is 0.328 e. The summed E-state index contributed by atoms with van der Waals surface area (Å²) >= 11 is 9.09. The summed E-state index contributed by atoms with van der Waals surface area (Å²) in [6.07, 6.45) is 0. The minimum absolute atomic E-state index is 0.591. The first-order chi connectivity index (χ1) is 6.83. The highest BCUT2D eigenvalue weighted by Crippen LogP contribution is 2.27. The topological polar surface area (TPSA) is 49.3 Å². The number of nitrogens with one attached hydrogen (secondary N) is 1. The van der Waals surface area contributed by atoms with Crippen LogP contribution in [0.5, 0.6) is 0 Å². The van der Waals surface area contributed by atoms with E-state index in [4.69, 9.17) is 16.7 Å². The quantitative estimate of drug-likeness (QED) is 0.898. The molecule has 0 bridgehead atoms. The van der Waals surface area contributed by atoms with E-state index in [0.717, 1.165) is 4.47 Å². The lowest BCUT2D eigenvalue weighted by atomic mass is 10.1. The summed E-state index contributed by atoms with van der Waals surface area (Å²) in [5.41, 5.74) is -0.300. The molecule has 5 heteroatoms. The molecule has 15 heavy (non-hydrogen) atoms. The van der Waals surface area contributed by atoms with E-state index >= 15 is 0 Å². The van der Waals surface area contributed by atoms with Crippen LogP contribution in [-0.4, -0.2) is 16.6 Å². The van der Waals surface area contributed by atoms with Crippen LogP contribution in [0.1, 0.15) is 13.8 Å². The second-order valence-electron chi connectivity index (χ2n) is 3.68. The minimum atomic E-state index is -1.01. The Labute approximate surface area is 102 Å². The number of hydrogen-bond donors (Lipinski definition) is 2. The highest BCUT2D eigenvalue weighted by Gasteiger charge is 2.26. The first kappa shape index (κ1) is 12.3. The fourth-order valence-corrected chi connectivity index (χ4v) is 1.48. The molecule has 0 aliphatic rings. The van der Waals surface area contributed by atoms with Crippen LogP contribution in [0.4, 0.5) is 5.69 Å². The number of halogens is 2. The van der Waals surface area contributed by atoms with Gasteiger partial charge in [-0.2, -0.15) is 0 Å². The molecule has 0 atom stereocenters. The zero-order chi connectivity index (χ0) is 11.6. The second kappa shape index (κ2) is 4.41. The minimum Gasteiger partial charge on any atom is -0.480 e. The van der Waals surface area contributed by atoms with Crippen molar-refractivity contribution in [3.63, 3.8) is 0 Å². The van der Waals surface area contributed by atoms with Crippen LogP contribution in [-0.2, 0) is 4.79 Å². The van der Waals surface area contributed by atoms with E-state index in [9.17, 15) is 4.79 Å². The Morgan fingerprint density at radius 3 is 2.60 bits per heavy atom. The fraction of sp³-hybridized carbons (Fsp3) is 0.300. The Hall–Kier alpha value is -0.740. The number of aliphatic carboxylic acids is 1. The van der Waals surface area contributed by atoms with Crippen molar-refractivity contribution in [2.45, 2.75) is 19.4 Å². The number of carboxylic acids is 1. The van der Waals surface area contributed by atoms with Crippen LogP contribution in [0.2, 0.25) is 5.02 Å². The average Bonchev–Trinajstić information content (AvgIpc) is 2.10. The van der Waals surface area contributed by atoms with E-state index in [1.807, 2.05) is 0 Å². The zero-order valence-corrected chi connectivity index (χ0v) is 10.7. The lowest BCUT2D eigenvalue weighted by Crippen LogP contribution is -2.39. The van der Waals surface area contributed by atoms with E-state index in [2.05, 4.69) is 21.2 Å². The molecule has 0 saturated carbocycles. The van der Waals surface area contributed by atoms with Gasteiger partial charge in [0.1, 0.15) is 5.54 Å². The molecule has 2 N–H and O–H groups in total. The summed E-state index contributed by atoms with van der Waals surface area (Å²) < 4.78 is 0.732. The van der Waals surface area contributed by atoms with Gasteiger partial charge in [0.2, 0.25) is 0 Å². The summed E-state index contributed by atoms with van der Waals surface area (Å²) in [6.45, 7) is 3.19. The van der Waals surface area contributed by atoms with Crippen LogP contribution < -0.4 is 5.32 Å². The van der Waals surface area contributed by atoms with Gasteiger partial charge in [0, 0.05) is 10.2 Å². The van der Waals surface area contributed by atoms with Crippen molar-refractivity contribution in [1.82, 2.24) is 0 Å². The van der Waals surface area contributed by atoms with Gasteiger partial charge in [-0.25, -0.2) is 4.79 Å². The van der Waals surface area contributed by atoms with Gasteiger partial charge in [0.05, 0.1) is 5.02 Å². The second-order valence-corrected chi connectivity index (χ2v) is 4.95. The Morgan fingerprint density at radius 2 is 2.13 bits per heavy atom. The Balaban J connectivity index is 2.91. The molecule has 0 aliphatic heterocycles. The summed E-state index contributed by atoms with van der Waals surface area (Å²) in [4.78, 5) is 10.9. The molecule has 0 spiro atoms. The smallest absolute Gasteiger partial charge is 0.328 e. The van der Waals surface area contributed by atoms with Gasteiger partial charge in [-0.15, -0.1) is 0 Å². The van der Waals surface area contributed by atoms with Crippen LogP contribution >= 0.6 is 27.5 Å². The molecule has 0 amide bonds. The summed E-state index contributed by atoms with van der Waals surface area (Å²) in [5, 5.41) is 12.4.